The number of aliphatic hydroxyl groups is 1. The molecular formula is C14H31BrO. The van der Waals surface area contributed by atoms with Gasteiger partial charge in [0.25, 0.3) is 0 Å². The molecule has 0 aliphatic heterocycles. The maximum absolute atomic E-state index is 8.37. The van der Waals surface area contributed by atoms with Crippen molar-refractivity contribution in [2.75, 3.05) is 11.9 Å². The lowest BCUT2D eigenvalue weighted by molar-refractivity contribution is 0.282. The molecule has 100 valence electrons. The SMILES string of the molecule is CCCCCCCBr.CCCCCCCO. The van der Waals surface area contributed by atoms with E-state index in [2.05, 4.69) is 29.8 Å². The fraction of sp³-hybridized carbons (Fsp3) is 1.00. The van der Waals surface area contributed by atoms with Gasteiger partial charge in [-0.1, -0.05) is 81.1 Å². The minimum absolute atomic E-state index is 0.365. The summed E-state index contributed by atoms with van der Waals surface area (Å²) in [6, 6.07) is 0. The van der Waals surface area contributed by atoms with Gasteiger partial charge in [0.1, 0.15) is 0 Å². The molecule has 0 aromatic heterocycles. The molecule has 0 heterocycles. The predicted octanol–water partition coefficient (Wildman–Crippen LogP) is 5.30. The minimum Gasteiger partial charge on any atom is -0.396 e. The summed E-state index contributed by atoms with van der Waals surface area (Å²) >= 11 is 3.40. The van der Waals surface area contributed by atoms with Crippen molar-refractivity contribution in [3.8, 4) is 0 Å². The Kier molecular flexibility index (Phi) is 24.4. The highest BCUT2D eigenvalue weighted by atomic mass is 79.9. The summed E-state index contributed by atoms with van der Waals surface area (Å²) in [7, 11) is 0. The van der Waals surface area contributed by atoms with Crippen LogP contribution in [0.2, 0.25) is 0 Å². The van der Waals surface area contributed by atoms with Crippen LogP contribution in [0.25, 0.3) is 0 Å². The normalized spacial score (nSPS) is 9.75. The van der Waals surface area contributed by atoms with Gasteiger partial charge in [-0.2, -0.15) is 0 Å². The van der Waals surface area contributed by atoms with Gasteiger partial charge in [-0.15, -0.1) is 0 Å². The van der Waals surface area contributed by atoms with Gasteiger partial charge in [-0.3, -0.25) is 0 Å². The zero-order valence-electron chi connectivity index (χ0n) is 11.3. The van der Waals surface area contributed by atoms with Crippen molar-refractivity contribution in [2.45, 2.75) is 78.1 Å². The Balaban J connectivity index is 0. The molecular weight excluding hydrogens is 264 g/mol. The third-order valence-corrected chi connectivity index (χ3v) is 3.06. The standard InChI is InChI=1S/C7H15Br.C7H16O/c2*1-2-3-4-5-6-7-8/h2-7H2,1H3;8H,2-7H2,1H3. The summed E-state index contributed by atoms with van der Waals surface area (Å²) in [5.41, 5.74) is 0. The Hall–Kier alpha value is 0.440. The van der Waals surface area contributed by atoms with Crippen molar-refractivity contribution < 1.29 is 5.11 Å². The lowest BCUT2D eigenvalue weighted by Crippen LogP contribution is -1.81. The van der Waals surface area contributed by atoms with Crippen LogP contribution in [-0.2, 0) is 0 Å². The van der Waals surface area contributed by atoms with Crippen molar-refractivity contribution in [3.05, 3.63) is 0 Å². The van der Waals surface area contributed by atoms with Crippen LogP contribution < -0.4 is 0 Å². The van der Waals surface area contributed by atoms with Gasteiger partial charge < -0.3 is 5.11 Å². The van der Waals surface area contributed by atoms with Crippen LogP contribution in [0.4, 0.5) is 0 Å². The fourth-order valence-electron chi connectivity index (χ4n) is 1.41. The van der Waals surface area contributed by atoms with Crippen LogP contribution in [0.5, 0.6) is 0 Å². The lowest BCUT2D eigenvalue weighted by Gasteiger charge is -1.93. The molecule has 0 rings (SSSR count). The molecule has 0 aliphatic carbocycles. The summed E-state index contributed by atoms with van der Waals surface area (Å²) in [4.78, 5) is 0. The summed E-state index contributed by atoms with van der Waals surface area (Å²) < 4.78 is 0. The average molecular weight is 295 g/mol. The molecule has 1 N–H and O–H groups in total. The molecule has 1 nitrogen and oxygen atoms in total. The molecule has 0 aromatic rings. The Labute approximate surface area is 111 Å². The topological polar surface area (TPSA) is 20.2 Å². The van der Waals surface area contributed by atoms with Crippen molar-refractivity contribution >= 4 is 15.9 Å². The third-order valence-electron chi connectivity index (χ3n) is 2.50. The van der Waals surface area contributed by atoms with E-state index >= 15 is 0 Å². The number of hydrogen-bond acceptors (Lipinski definition) is 1. The molecule has 0 fully saturated rings. The van der Waals surface area contributed by atoms with Gasteiger partial charge in [0, 0.05) is 11.9 Å². The Morgan fingerprint density at radius 1 is 0.688 bits per heavy atom. The van der Waals surface area contributed by atoms with E-state index in [1.807, 2.05) is 0 Å². The second-order valence-corrected chi connectivity index (χ2v) is 5.03. The minimum atomic E-state index is 0.365. The zero-order valence-corrected chi connectivity index (χ0v) is 12.9. The van der Waals surface area contributed by atoms with E-state index in [1.165, 1.54) is 63.1 Å². The van der Waals surface area contributed by atoms with E-state index < -0.39 is 0 Å². The highest BCUT2D eigenvalue weighted by Crippen LogP contribution is 2.03. The van der Waals surface area contributed by atoms with Gasteiger partial charge >= 0.3 is 0 Å². The van der Waals surface area contributed by atoms with E-state index in [-0.39, 0.29) is 0 Å². The highest BCUT2D eigenvalue weighted by Gasteiger charge is 1.84. The third kappa shape index (κ3) is 23.9. The van der Waals surface area contributed by atoms with Crippen molar-refractivity contribution in [1.29, 1.82) is 0 Å². The van der Waals surface area contributed by atoms with Crippen molar-refractivity contribution in [2.24, 2.45) is 0 Å². The van der Waals surface area contributed by atoms with Crippen LogP contribution in [-0.4, -0.2) is 17.0 Å². The zero-order chi connectivity index (χ0) is 12.5. The average Bonchev–Trinajstić information content (AvgIpc) is 2.31. The molecule has 0 spiro atoms. The largest absolute Gasteiger partial charge is 0.396 e. The van der Waals surface area contributed by atoms with Gasteiger partial charge in [0.15, 0.2) is 0 Å². The molecule has 16 heavy (non-hydrogen) atoms. The van der Waals surface area contributed by atoms with Crippen LogP contribution >= 0.6 is 15.9 Å². The molecule has 0 saturated carbocycles. The smallest absolute Gasteiger partial charge is 0.0431 e. The molecule has 0 amide bonds. The van der Waals surface area contributed by atoms with Crippen LogP contribution in [0.3, 0.4) is 0 Å². The van der Waals surface area contributed by atoms with Crippen LogP contribution in [0.15, 0.2) is 0 Å². The summed E-state index contributed by atoms with van der Waals surface area (Å²) in [6.45, 7) is 4.80. The quantitative estimate of drug-likeness (QED) is 0.428. The van der Waals surface area contributed by atoms with E-state index in [0.717, 1.165) is 6.42 Å². The number of alkyl halides is 1. The number of hydrogen-bond donors (Lipinski definition) is 1. The molecule has 0 radical (unpaired) electrons. The molecule has 0 unspecified atom stereocenters. The molecule has 0 aromatic carbocycles. The van der Waals surface area contributed by atoms with E-state index in [1.54, 1.807) is 0 Å². The second kappa shape index (κ2) is 20.8. The van der Waals surface area contributed by atoms with Gasteiger partial charge in [-0.25, -0.2) is 0 Å². The molecule has 0 atom stereocenters. The first-order valence-electron chi connectivity index (χ1n) is 7.00. The monoisotopic (exact) mass is 294 g/mol. The Morgan fingerprint density at radius 2 is 1.12 bits per heavy atom. The maximum Gasteiger partial charge on any atom is 0.0431 e. The van der Waals surface area contributed by atoms with E-state index in [9.17, 15) is 0 Å². The Morgan fingerprint density at radius 3 is 1.50 bits per heavy atom. The first kappa shape index (κ1) is 18.8. The lowest BCUT2D eigenvalue weighted by atomic mass is 10.2. The summed E-state index contributed by atoms with van der Waals surface area (Å²) in [6.07, 6.45) is 13.0. The van der Waals surface area contributed by atoms with Crippen molar-refractivity contribution in [3.63, 3.8) is 0 Å². The molecule has 0 saturated heterocycles. The predicted molar refractivity (Wildman–Crippen MR) is 78.4 cm³/mol. The summed E-state index contributed by atoms with van der Waals surface area (Å²) in [5, 5.41) is 9.54. The molecule has 0 bridgehead atoms. The van der Waals surface area contributed by atoms with E-state index in [0.29, 0.717) is 6.61 Å². The van der Waals surface area contributed by atoms with E-state index in [4.69, 9.17) is 5.11 Å². The molecule has 0 aliphatic rings. The first-order chi connectivity index (χ1) is 7.83. The number of unbranched alkanes of at least 4 members (excludes halogenated alkanes) is 8. The number of rotatable bonds is 10. The number of halogens is 1. The maximum atomic E-state index is 8.37. The van der Waals surface area contributed by atoms with Gasteiger partial charge in [0.05, 0.1) is 0 Å². The fourth-order valence-corrected chi connectivity index (χ4v) is 1.81. The second-order valence-electron chi connectivity index (χ2n) is 4.24. The first-order valence-corrected chi connectivity index (χ1v) is 8.12. The summed E-state index contributed by atoms with van der Waals surface area (Å²) in [5.74, 6) is 0. The Bertz CT molecular complexity index is 72.7. The van der Waals surface area contributed by atoms with Crippen LogP contribution in [0, 0.1) is 0 Å². The highest BCUT2D eigenvalue weighted by molar-refractivity contribution is 9.09. The van der Waals surface area contributed by atoms with Crippen molar-refractivity contribution in [1.82, 2.24) is 0 Å². The van der Waals surface area contributed by atoms with Gasteiger partial charge in [-0.05, 0) is 12.8 Å². The van der Waals surface area contributed by atoms with Crippen LogP contribution in [0.1, 0.15) is 78.1 Å². The number of aliphatic hydroxyl groups excluding tert-OH is 1. The van der Waals surface area contributed by atoms with Gasteiger partial charge in [0.2, 0.25) is 0 Å². The molecule has 2 heteroatoms.